The standard InChI is InChI=1S/C22H23NO/c24-22-21(18-12-6-2-7-13-18)20(16-17-10-4-1-5-11-17)23(22)19-14-8-3-9-15-19/h1-2,4-7,10-13,16,19,21H,3,8-9,14-15H2/b20-16+. The van der Waals surface area contributed by atoms with Crippen LogP contribution in [-0.4, -0.2) is 16.8 Å². The third-order valence-corrected chi connectivity index (χ3v) is 5.25. The van der Waals surface area contributed by atoms with Crippen molar-refractivity contribution in [3.05, 3.63) is 77.5 Å². The number of likely N-dealkylation sites (tertiary alicyclic amines) is 1. The lowest BCUT2D eigenvalue weighted by Gasteiger charge is -2.47. The molecule has 1 heterocycles. The molecule has 122 valence electrons. The van der Waals surface area contributed by atoms with Crippen molar-refractivity contribution in [2.75, 3.05) is 0 Å². The molecular formula is C22H23NO. The lowest BCUT2D eigenvalue weighted by Crippen LogP contribution is -2.54. The van der Waals surface area contributed by atoms with Gasteiger partial charge in [0.25, 0.3) is 0 Å². The summed E-state index contributed by atoms with van der Waals surface area (Å²) in [4.78, 5) is 15.0. The molecule has 0 N–H and O–H groups in total. The van der Waals surface area contributed by atoms with Gasteiger partial charge in [-0.3, -0.25) is 4.79 Å². The van der Waals surface area contributed by atoms with E-state index in [1.54, 1.807) is 0 Å². The Kier molecular flexibility index (Phi) is 4.20. The molecule has 2 heteroatoms. The molecule has 0 bridgehead atoms. The van der Waals surface area contributed by atoms with E-state index in [4.69, 9.17) is 0 Å². The zero-order chi connectivity index (χ0) is 16.4. The van der Waals surface area contributed by atoms with E-state index in [0.29, 0.717) is 6.04 Å². The van der Waals surface area contributed by atoms with Crippen molar-refractivity contribution in [3.63, 3.8) is 0 Å². The highest BCUT2D eigenvalue weighted by Crippen LogP contribution is 2.44. The van der Waals surface area contributed by atoms with Crippen LogP contribution in [0.5, 0.6) is 0 Å². The van der Waals surface area contributed by atoms with E-state index in [1.807, 2.05) is 24.3 Å². The number of rotatable bonds is 3. The molecule has 1 saturated heterocycles. The molecule has 2 aromatic rings. The maximum atomic E-state index is 12.9. The van der Waals surface area contributed by atoms with E-state index in [0.717, 1.165) is 18.4 Å². The summed E-state index contributed by atoms with van der Waals surface area (Å²) in [6.45, 7) is 0. The van der Waals surface area contributed by atoms with Gasteiger partial charge in [-0.15, -0.1) is 0 Å². The van der Waals surface area contributed by atoms with Crippen molar-refractivity contribution in [3.8, 4) is 0 Å². The summed E-state index contributed by atoms with van der Waals surface area (Å²) >= 11 is 0. The number of hydrogen-bond acceptors (Lipinski definition) is 1. The van der Waals surface area contributed by atoms with Gasteiger partial charge in [0, 0.05) is 11.7 Å². The zero-order valence-electron chi connectivity index (χ0n) is 13.9. The number of β-lactam (4-membered cyclic amide) rings is 1. The Morgan fingerprint density at radius 1 is 0.833 bits per heavy atom. The molecule has 2 aliphatic rings. The van der Waals surface area contributed by atoms with Crippen LogP contribution in [0.4, 0.5) is 0 Å². The molecule has 24 heavy (non-hydrogen) atoms. The van der Waals surface area contributed by atoms with Gasteiger partial charge >= 0.3 is 0 Å². The van der Waals surface area contributed by atoms with E-state index in [-0.39, 0.29) is 11.8 Å². The van der Waals surface area contributed by atoms with Gasteiger partial charge in [-0.1, -0.05) is 79.9 Å². The fourth-order valence-electron chi connectivity index (χ4n) is 4.03. The number of carbonyl (C=O) groups is 1. The Morgan fingerprint density at radius 2 is 1.46 bits per heavy atom. The van der Waals surface area contributed by atoms with Crippen LogP contribution in [0.3, 0.4) is 0 Å². The zero-order valence-corrected chi connectivity index (χ0v) is 13.9. The number of nitrogens with zero attached hydrogens (tertiary/aromatic N) is 1. The summed E-state index contributed by atoms with van der Waals surface area (Å²) in [5.41, 5.74) is 3.45. The first-order valence-corrected chi connectivity index (χ1v) is 8.99. The number of hydrogen-bond donors (Lipinski definition) is 0. The molecule has 2 aromatic carbocycles. The Balaban J connectivity index is 1.69. The van der Waals surface area contributed by atoms with E-state index in [2.05, 4.69) is 47.4 Å². The highest BCUT2D eigenvalue weighted by atomic mass is 16.2. The minimum absolute atomic E-state index is 0.103. The van der Waals surface area contributed by atoms with E-state index >= 15 is 0 Å². The van der Waals surface area contributed by atoms with Crippen molar-refractivity contribution in [2.45, 2.75) is 44.1 Å². The van der Waals surface area contributed by atoms with Crippen LogP contribution in [0.15, 0.2) is 66.4 Å². The Hall–Kier alpha value is -2.35. The average Bonchev–Trinajstić information content (AvgIpc) is 2.64. The lowest BCUT2D eigenvalue weighted by molar-refractivity contribution is -0.140. The normalized spacial score (nSPS) is 23.3. The first-order valence-electron chi connectivity index (χ1n) is 8.99. The van der Waals surface area contributed by atoms with Crippen LogP contribution in [0, 0.1) is 0 Å². The van der Waals surface area contributed by atoms with Gasteiger partial charge in [0.05, 0.1) is 0 Å². The highest BCUT2D eigenvalue weighted by molar-refractivity contribution is 5.98. The van der Waals surface area contributed by atoms with Crippen LogP contribution in [-0.2, 0) is 4.79 Å². The molecule has 0 spiro atoms. The molecule has 0 radical (unpaired) electrons. The van der Waals surface area contributed by atoms with Crippen LogP contribution in [0.1, 0.15) is 49.1 Å². The summed E-state index contributed by atoms with van der Waals surface area (Å²) in [6, 6.07) is 20.9. The van der Waals surface area contributed by atoms with Crippen molar-refractivity contribution in [1.82, 2.24) is 4.90 Å². The van der Waals surface area contributed by atoms with Crippen molar-refractivity contribution in [1.29, 1.82) is 0 Å². The molecule has 1 aliphatic carbocycles. The number of carbonyl (C=O) groups excluding carboxylic acids is 1. The van der Waals surface area contributed by atoms with Crippen LogP contribution in [0.25, 0.3) is 6.08 Å². The summed E-state index contributed by atoms with van der Waals surface area (Å²) in [5.74, 6) is 0.170. The quantitative estimate of drug-likeness (QED) is 0.731. The number of benzene rings is 2. The molecule has 1 saturated carbocycles. The molecule has 1 atom stereocenters. The van der Waals surface area contributed by atoms with Gasteiger partial charge in [0.2, 0.25) is 5.91 Å². The minimum atomic E-state index is -0.103. The lowest BCUT2D eigenvalue weighted by atomic mass is 9.81. The fourth-order valence-corrected chi connectivity index (χ4v) is 4.03. The highest BCUT2D eigenvalue weighted by Gasteiger charge is 2.46. The first kappa shape index (κ1) is 15.2. The van der Waals surface area contributed by atoms with Gasteiger partial charge in [-0.2, -0.15) is 0 Å². The largest absolute Gasteiger partial charge is 0.311 e. The van der Waals surface area contributed by atoms with Gasteiger partial charge in [-0.25, -0.2) is 0 Å². The molecule has 2 fully saturated rings. The molecule has 4 rings (SSSR count). The van der Waals surface area contributed by atoms with Crippen molar-refractivity contribution < 1.29 is 4.79 Å². The second-order valence-corrected chi connectivity index (χ2v) is 6.82. The van der Waals surface area contributed by atoms with Gasteiger partial charge in [-0.05, 0) is 30.0 Å². The van der Waals surface area contributed by atoms with Crippen LogP contribution in [0.2, 0.25) is 0 Å². The Labute approximate surface area is 143 Å². The predicted octanol–water partition coefficient (Wildman–Crippen LogP) is 4.99. The summed E-state index contributed by atoms with van der Waals surface area (Å²) in [7, 11) is 0. The SMILES string of the molecule is O=C1C(c2ccccc2)/C(=C\c2ccccc2)N1C1CCCCC1. The summed E-state index contributed by atoms with van der Waals surface area (Å²) in [5, 5.41) is 0. The minimum Gasteiger partial charge on any atom is -0.311 e. The van der Waals surface area contributed by atoms with Gasteiger partial charge in [0.1, 0.15) is 5.92 Å². The van der Waals surface area contributed by atoms with E-state index in [1.165, 1.54) is 30.5 Å². The Bertz CT molecular complexity index is 729. The van der Waals surface area contributed by atoms with E-state index < -0.39 is 0 Å². The molecule has 0 aromatic heterocycles. The average molecular weight is 317 g/mol. The van der Waals surface area contributed by atoms with Crippen molar-refractivity contribution >= 4 is 12.0 Å². The molecule has 2 nitrogen and oxygen atoms in total. The van der Waals surface area contributed by atoms with Crippen LogP contribution < -0.4 is 0 Å². The first-order chi connectivity index (χ1) is 11.8. The maximum Gasteiger partial charge on any atom is 0.240 e. The maximum absolute atomic E-state index is 12.9. The third kappa shape index (κ3) is 2.77. The molecule has 1 aliphatic heterocycles. The predicted molar refractivity (Wildman–Crippen MR) is 97.3 cm³/mol. The molecule has 1 amide bonds. The third-order valence-electron chi connectivity index (χ3n) is 5.25. The van der Waals surface area contributed by atoms with Crippen LogP contribution >= 0.6 is 0 Å². The second-order valence-electron chi connectivity index (χ2n) is 6.82. The fraction of sp³-hybridized carbons (Fsp3) is 0.318. The van der Waals surface area contributed by atoms with E-state index in [9.17, 15) is 4.79 Å². The summed E-state index contributed by atoms with van der Waals surface area (Å²) < 4.78 is 0. The topological polar surface area (TPSA) is 20.3 Å². The molecular weight excluding hydrogens is 294 g/mol. The van der Waals surface area contributed by atoms with Gasteiger partial charge < -0.3 is 4.90 Å². The number of amides is 1. The second kappa shape index (κ2) is 6.64. The summed E-state index contributed by atoms with van der Waals surface area (Å²) in [6.07, 6.45) is 8.26. The Morgan fingerprint density at radius 3 is 2.12 bits per heavy atom. The smallest absolute Gasteiger partial charge is 0.240 e. The monoisotopic (exact) mass is 317 g/mol. The molecule has 1 unspecified atom stereocenters. The van der Waals surface area contributed by atoms with Crippen molar-refractivity contribution in [2.24, 2.45) is 0 Å². The van der Waals surface area contributed by atoms with Gasteiger partial charge in [0.15, 0.2) is 0 Å².